The van der Waals surface area contributed by atoms with Crippen molar-refractivity contribution in [1.29, 1.82) is 0 Å². The highest BCUT2D eigenvalue weighted by molar-refractivity contribution is 8.02. The van der Waals surface area contributed by atoms with E-state index in [0.29, 0.717) is 5.15 Å². The average molecular weight is 298 g/mol. The van der Waals surface area contributed by atoms with Crippen LogP contribution in [0.5, 0.6) is 0 Å². The molecule has 20 heavy (non-hydrogen) atoms. The van der Waals surface area contributed by atoms with Crippen LogP contribution in [0.25, 0.3) is 0 Å². The lowest BCUT2D eigenvalue weighted by Gasteiger charge is -2.32. The number of rotatable bonds is 6. The Hall–Kier alpha value is 0.335. The molecule has 0 amide bonds. The van der Waals surface area contributed by atoms with Crippen molar-refractivity contribution in [3.63, 3.8) is 0 Å². The Morgan fingerprint density at radius 1 is 1.00 bits per heavy atom. The molecule has 2 unspecified atom stereocenters. The minimum Gasteiger partial charge on any atom is -0.403 e. The molecule has 0 aliphatic carbocycles. The molecule has 0 bridgehead atoms. The van der Waals surface area contributed by atoms with Gasteiger partial charge in [0.2, 0.25) is 0 Å². The molecular weight excluding hydrogens is 267 g/mol. The highest BCUT2D eigenvalue weighted by Gasteiger charge is 2.54. The van der Waals surface area contributed by atoms with Gasteiger partial charge in [-0.25, -0.2) is 0 Å². The molecule has 0 spiro atoms. The zero-order valence-corrected chi connectivity index (χ0v) is 14.7. The molecule has 0 aromatic rings. The monoisotopic (exact) mass is 298 g/mol. The maximum atomic E-state index is 6.20. The van der Waals surface area contributed by atoms with Crippen molar-refractivity contribution in [2.45, 2.75) is 101 Å². The van der Waals surface area contributed by atoms with E-state index in [0.717, 1.165) is 5.25 Å². The zero-order chi connectivity index (χ0) is 14.8. The van der Waals surface area contributed by atoms with Crippen molar-refractivity contribution < 1.29 is 9.31 Å². The van der Waals surface area contributed by atoms with Crippen molar-refractivity contribution in [3.8, 4) is 0 Å². The molecule has 0 saturated carbocycles. The van der Waals surface area contributed by atoms with Crippen LogP contribution in [0, 0.1) is 0 Å². The summed E-state index contributed by atoms with van der Waals surface area (Å²) in [5.74, 6) is 0. The van der Waals surface area contributed by atoms with Crippen LogP contribution in [0.1, 0.15) is 79.6 Å². The van der Waals surface area contributed by atoms with Crippen molar-refractivity contribution in [2.75, 3.05) is 0 Å². The van der Waals surface area contributed by atoms with Gasteiger partial charge in [-0.05, 0) is 47.0 Å². The summed E-state index contributed by atoms with van der Waals surface area (Å²) in [6, 6.07) is 0. The first-order chi connectivity index (χ1) is 9.36. The molecule has 2 rings (SSSR count). The fourth-order valence-corrected chi connectivity index (χ4v) is 4.57. The molecule has 0 aromatic heterocycles. The van der Waals surface area contributed by atoms with E-state index in [9.17, 15) is 0 Å². The van der Waals surface area contributed by atoms with Crippen molar-refractivity contribution in [1.82, 2.24) is 0 Å². The Balaban J connectivity index is 1.76. The molecule has 4 heteroatoms. The lowest BCUT2D eigenvalue weighted by molar-refractivity contribution is 0.00578. The standard InChI is InChI=1S/C16H31BO2S/c1-6-7-8-9-10-13-11-12-14(20-13)17-18-15(2,3)16(4,5)19-17/h13-14H,6-12H2,1-5H3. The normalized spacial score (nSPS) is 31.9. The predicted octanol–water partition coefficient (Wildman–Crippen LogP) is 4.85. The third-order valence-corrected chi connectivity index (χ3v) is 6.76. The number of hydrogen-bond donors (Lipinski definition) is 0. The van der Waals surface area contributed by atoms with E-state index in [1.54, 1.807) is 0 Å². The number of unbranched alkanes of at least 4 members (excludes halogenated alkanes) is 3. The van der Waals surface area contributed by atoms with Gasteiger partial charge in [0.25, 0.3) is 0 Å². The van der Waals surface area contributed by atoms with Gasteiger partial charge in [-0.3, -0.25) is 0 Å². The summed E-state index contributed by atoms with van der Waals surface area (Å²) in [4.78, 5) is 0. The van der Waals surface area contributed by atoms with Crippen LogP contribution in [0.15, 0.2) is 0 Å². The highest BCUT2D eigenvalue weighted by Crippen LogP contribution is 2.45. The summed E-state index contributed by atoms with van der Waals surface area (Å²) in [5.41, 5.74) is -0.366. The molecule has 2 aliphatic heterocycles. The molecule has 0 radical (unpaired) electrons. The first-order valence-electron chi connectivity index (χ1n) is 8.37. The Morgan fingerprint density at radius 2 is 1.65 bits per heavy atom. The smallest absolute Gasteiger partial charge is 0.403 e. The van der Waals surface area contributed by atoms with E-state index in [1.165, 1.54) is 44.9 Å². The fourth-order valence-electron chi connectivity index (χ4n) is 2.99. The molecule has 2 heterocycles. The second-order valence-electron chi connectivity index (χ2n) is 7.35. The molecule has 0 aromatic carbocycles. The van der Waals surface area contributed by atoms with E-state index < -0.39 is 0 Å². The lowest BCUT2D eigenvalue weighted by Crippen LogP contribution is -2.41. The first-order valence-corrected chi connectivity index (χ1v) is 9.31. The van der Waals surface area contributed by atoms with Gasteiger partial charge in [0.15, 0.2) is 0 Å². The molecule has 2 fully saturated rings. The SMILES string of the molecule is CCCCCCC1CCC(B2OC(C)(C)C(C)(C)O2)S1. The van der Waals surface area contributed by atoms with Crippen LogP contribution in [0.2, 0.25) is 0 Å². The molecule has 0 N–H and O–H groups in total. The Labute approximate surface area is 129 Å². The summed E-state index contributed by atoms with van der Waals surface area (Å²) < 4.78 is 12.4. The van der Waals surface area contributed by atoms with Crippen LogP contribution >= 0.6 is 11.8 Å². The van der Waals surface area contributed by atoms with Crippen LogP contribution in [-0.4, -0.2) is 28.7 Å². The van der Waals surface area contributed by atoms with Gasteiger partial charge in [-0.15, -0.1) is 0 Å². The summed E-state index contributed by atoms with van der Waals surface area (Å²) in [6.07, 6.45) is 9.47. The summed E-state index contributed by atoms with van der Waals surface area (Å²) in [7, 11) is -0.00866. The van der Waals surface area contributed by atoms with Crippen LogP contribution in [0.4, 0.5) is 0 Å². The summed E-state index contributed by atoms with van der Waals surface area (Å²) in [6.45, 7) is 10.9. The van der Waals surface area contributed by atoms with Crippen molar-refractivity contribution in [3.05, 3.63) is 0 Å². The van der Waals surface area contributed by atoms with Crippen LogP contribution < -0.4 is 0 Å². The summed E-state index contributed by atoms with van der Waals surface area (Å²) in [5, 5.41) is 1.36. The predicted molar refractivity (Wildman–Crippen MR) is 89.2 cm³/mol. The van der Waals surface area contributed by atoms with Crippen LogP contribution in [-0.2, 0) is 9.31 Å². The Kier molecular flexibility index (Phi) is 5.53. The minimum absolute atomic E-state index is 0.00866. The van der Waals surface area contributed by atoms with Gasteiger partial charge in [-0.1, -0.05) is 32.6 Å². The number of thioether (sulfide) groups is 1. The topological polar surface area (TPSA) is 18.5 Å². The van der Waals surface area contributed by atoms with Gasteiger partial charge in [0.1, 0.15) is 0 Å². The maximum Gasteiger partial charge on any atom is 0.471 e. The molecule has 2 aliphatic rings. The van der Waals surface area contributed by atoms with E-state index >= 15 is 0 Å². The summed E-state index contributed by atoms with van der Waals surface area (Å²) >= 11 is 2.12. The third-order valence-electron chi connectivity index (χ3n) is 5.10. The van der Waals surface area contributed by atoms with Crippen molar-refractivity contribution in [2.24, 2.45) is 0 Å². The van der Waals surface area contributed by atoms with Crippen LogP contribution in [0.3, 0.4) is 0 Å². The first kappa shape index (κ1) is 16.7. The Bertz CT molecular complexity index is 304. The molecular formula is C16H31BO2S. The largest absolute Gasteiger partial charge is 0.471 e. The fraction of sp³-hybridized carbons (Fsp3) is 1.00. The third kappa shape index (κ3) is 3.75. The maximum absolute atomic E-state index is 6.20. The van der Waals surface area contributed by atoms with E-state index in [1.807, 2.05) is 0 Å². The Morgan fingerprint density at radius 3 is 2.25 bits per heavy atom. The molecule has 2 saturated heterocycles. The zero-order valence-electron chi connectivity index (χ0n) is 13.9. The van der Waals surface area contributed by atoms with Gasteiger partial charge < -0.3 is 9.31 Å². The lowest BCUT2D eigenvalue weighted by atomic mass is 9.81. The quantitative estimate of drug-likeness (QED) is 0.516. The van der Waals surface area contributed by atoms with Gasteiger partial charge in [-0.2, -0.15) is 11.8 Å². The number of hydrogen-bond acceptors (Lipinski definition) is 3. The minimum atomic E-state index is -0.183. The average Bonchev–Trinajstić information content (AvgIpc) is 2.89. The highest BCUT2D eigenvalue weighted by atomic mass is 32.2. The van der Waals surface area contributed by atoms with E-state index in [2.05, 4.69) is 46.4 Å². The molecule has 2 atom stereocenters. The van der Waals surface area contributed by atoms with Gasteiger partial charge >= 0.3 is 7.12 Å². The second kappa shape index (κ2) is 6.62. The molecule has 2 nitrogen and oxygen atoms in total. The van der Waals surface area contributed by atoms with Gasteiger partial charge in [0, 0.05) is 10.4 Å². The van der Waals surface area contributed by atoms with E-state index in [-0.39, 0.29) is 18.3 Å². The second-order valence-corrected chi connectivity index (χ2v) is 8.89. The molecule has 116 valence electrons. The van der Waals surface area contributed by atoms with Gasteiger partial charge in [0.05, 0.1) is 11.2 Å². The van der Waals surface area contributed by atoms with Crippen molar-refractivity contribution >= 4 is 18.9 Å². The van der Waals surface area contributed by atoms with E-state index in [4.69, 9.17) is 9.31 Å².